The summed E-state index contributed by atoms with van der Waals surface area (Å²) < 4.78 is 28.0. The van der Waals surface area contributed by atoms with Gasteiger partial charge in [-0.1, -0.05) is 6.08 Å². The van der Waals surface area contributed by atoms with Gasteiger partial charge in [0.25, 0.3) is 12.3 Å². The van der Waals surface area contributed by atoms with E-state index >= 15 is 0 Å². The Hall–Kier alpha value is -2.90. The lowest BCUT2D eigenvalue weighted by Gasteiger charge is -2.21. The highest BCUT2D eigenvalue weighted by atomic mass is 19.3. The molecule has 1 saturated carbocycles. The van der Waals surface area contributed by atoms with Gasteiger partial charge in [0.2, 0.25) is 0 Å². The molecule has 0 bridgehead atoms. The minimum absolute atomic E-state index is 0.0641. The molecule has 2 aromatic rings. The molecule has 1 aromatic heterocycles. The van der Waals surface area contributed by atoms with Crippen molar-refractivity contribution in [2.75, 3.05) is 28.6 Å². The molecule has 2 atom stereocenters. The predicted molar refractivity (Wildman–Crippen MR) is 106 cm³/mol. The van der Waals surface area contributed by atoms with E-state index in [0.717, 1.165) is 29.9 Å². The van der Waals surface area contributed by atoms with Gasteiger partial charge in [-0.25, -0.2) is 13.5 Å². The fraction of sp³-hybridized carbons (Fsp3) is 0.400. The van der Waals surface area contributed by atoms with Crippen molar-refractivity contribution in [2.24, 2.45) is 5.92 Å². The topological polar surface area (TPSA) is 62.2 Å². The minimum atomic E-state index is -2.65. The van der Waals surface area contributed by atoms with Crippen LogP contribution in [0.4, 0.5) is 26.0 Å². The van der Waals surface area contributed by atoms with Gasteiger partial charge >= 0.3 is 0 Å². The van der Waals surface area contributed by atoms with E-state index in [4.69, 9.17) is 0 Å². The number of nitrogens with zero attached hydrogens (tertiary/aromatic N) is 3. The Morgan fingerprint density at radius 3 is 2.68 bits per heavy atom. The number of allylic oxidation sites excluding steroid dienone is 1. The fourth-order valence-corrected chi connectivity index (χ4v) is 3.59. The first-order valence-electron chi connectivity index (χ1n) is 9.53. The number of aromatic nitrogens is 2. The number of amides is 1. The molecule has 0 saturated heterocycles. The van der Waals surface area contributed by atoms with Gasteiger partial charge in [-0.05, 0) is 44.5 Å². The third-order valence-electron chi connectivity index (χ3n) is 5.28. The van der Waals surface area contributed by atoms with Gasteiger partial charge in [-0.3, -0.25) is 4.79 Å². The Labute approximate surface area is 162 Å². The number of carbonyl (C=O) groups excluding carboxylic acids is 1. The van der Waals surface area contributed by atoms with Crippen LogP contribution < -0.4 is 15.5 Å². The molecular formula is C20H23F2N5O. The maximum Gasteiger partial charge on any atom is 0.280 e. The smallest absolute Gasteiger partial charge is 0.280 e. The quantitative estimate of drug-likeness (QED) is 0.789. The normalized spacial score (nSPS) is 19.8. The van der Waals surface area contributed by atoms with Crippen molar-refractivity contribution in [3.8, 4) is 0 Å². The van der Waals surface area contributed by atoms with E-state index in [1.54, 1.807) is 6.08 Å². The molecule has 2 aliphatic rings. The second kappa shape index (κ2) is 7.26. The number of alkyl halides is 2. The fourth-order valence-electron chi connectivity index (χ4n) is 3.59. The zero-order valence-corrected chi connectivity index (χ0v) is 15.8. The molecule has 1 aromatic carbocycles. The second-order valence-corrected chi connectivity index (χ2v) is 7.03. The van der Waals surface area contributed by atoms with E-state index in [0.29, 0.717) is 11.5 Å². The Morgan fingerprint density at radius 1 is 1.32 bits per heavy atom. The summed E-state index contributed by atoms with van der Waals surface area (Å²) in [5.74, 6) is 0.0140. The van der Waals surface area contributed by atoms with Crippen LogP contribution in [0.15, 0.2) is 36.5 Å². The molecule has 28 heavy (non-hydrogen) atoms. The SMILES string of the molecule is CCN(CC)c1ccc(NC(=O)c2cnn3c2NC2CC2C=C3C(F)F)cc1. The zero-order valence-electron chi connectivity index (χ0n) is 15.8. The molecule has 2 N–H and O–H groups in total. The third kappa shape index (κ3) is 3.34. The summed E-state index contributed by atoms with van der Waals surface area (Å²) in [7, 11) is 0. The van der Waals surface area contributed by atoms with Crippen LogP contribution in [-0.2, 0) is 0 Å². The van der Waals surface area contributed by atoms with Gasteiger partial charge in [-0.2, -0.15) is 5.10 Å². The average Bonchev–Trinajstić information content (AvgIpc) is 3.32. The van der Waals surface area contributed by atoms with E-state index in [1.165, 1.54) is 6.20 Å². The van der Waals surface area contributed by atoms with Crippen LogP contribution in [0, 0.1) is 5.92 Å². The molecule has 0 radical (unpaired) electrons. The first kappa shape index (κ1) is 18.5. The number of rotatable bonds is 6. The number of fused-ring (bicyclic) bond motifs is 2. The number of hydrogen-bond donors (Lipinski definition) is 2. The highest BCUT2D eigenvalue weighted by Gasteiger charge is 2.41. The van der Waals surface area contributed by atoms with Crippen molar-refractivity contribution in [1.82, 2.24) is 9.78 Å². The molecule has 4 rings (SSSR count). The summed E-state index contributed by atoms with van der Waals surface area (Å²) in [5, 5.41) is 10.1. The van der Waals surface area contributed by atoms with Crippen LogP contribution in [-0.4, -0.2) is 41.2 Å². The van der Waals surface area contributed by atoms with Crippen LogP contribution in [0.3, 0.4) is 0 Å². The van der Waals surface area contributed by atoms with Gasteiger partial charge in [-0.15, -0.1) is 0 Å². The molecule has 1 amide bonds. The van der Waals surface area contributed by atoms with Crippen molar-refractivity contribution in [2.45, 2.75) is 32.7 Å². The van der Waals surface area contributed by atoms with Crippen molar-refractivity contribution >= 4 is 28.8 Å². The lowest BCUT2D eigenvalue weighted by atomic mass is 10.2. The van der Waals surface area contributed by atoms with Gasteiger partial charge in [0.1, 0.15) is 17.1 Å². The number of benzene rings is 1. The molecule has 2 heterocycles. The molecular weight excluding hydrogens is 364 g/mol. The van der Waals surface area contributed by atoms with Gasteiger partial charge in [0.15, 0.2) is 0 Å². The van der Waals surface area contributed by atoms with Crippen LogP contribution in [0.25, 0.3) is 5.70 Å². The summed E-state index contributed by atoms with van der Waals surface area (Å²) in [4.78, 5) is 15.0. The Bertz CT molecular complexity index is 902. The second-order valence-electron chi connectivity index (χ2n) is 7.03. The average molecular weight is 387 g/mol. The van der Waals surface area contributed by atoms with Crippen LogP contribution >= 0.6 is 0 Å². The van der Waals surface area contributed by atoms with Crippen LogP contribution in [0.2, 0.25) is 0 Å². The summed E-state index contributed by atoms with van der Waals surface area (Å²) >= 11 is 0. The van der Waals surface area contributed by atoms with Gasteiger partial charge in [0.05, 0.1) is 6.20 Å². The highest BCUT2D eigenvalue weighted by molar-refractivity contribution is 6.08. The lowest BCUT2D eigenvalue weighted by Crippen LogP contribution is -2.21. The van der Waals surface area contributed by atoms with Crippen molar-refractivity contribution in [1.29, 1.82) is 0 Å². The van der Waals surface area contributed by atoms with E-state index in [1.807, 2.05) is 24.3 Å². The largest absolute Gasteiger partial charge is 0.372 e. The predicted octanol–water partition coefficient (Wildman–Crippen LogP) is 3.90. The van der Waals surface area contributed by atoms with Crippen molar-refractivity contribution < 1.29 is 13.6 Å². The van der Waals surface area contributed by atoms with E-state index in [9.17, 15) is 13.6 Å². The van der Waals surface area contributed by atoms with E-state index < -0.39 is 6.43 Å². The summed E-state index contributed by atoms with van der Waals surface area (Å²) in [5.41, 5.74) is 1.81. The number of carbonyl (C=O) groups is 1. The van der Waals surface area contributed by atoms with E-state index in [2.05, 4.69) is 34.5 Å². The van der Waals surface area contributed by atoms with Crippen LogP contribution in [0.5, 0.6) is 0 Å². The molecule has 2 unspecified atom stereocenters. The Balaban J connectivity index is 1.55. The lowest BCUT2D eigenvalue weighted by molar-refractivity contribution is 0.102. The number of hydrogen-bond acceptors (Lipinski definition) is 4. The Kier molecular flexibility index (Phi) is 4.78. The molecule has 8 heteroatoms. The van der Waals surface area contributed by atoms with Gasteiger partial charge < -0.3 is 15.5 Å². The number of anilines is 3. The molecule has 1 aliphatic heterocycles. The van der Waals surface area contributed by atoms with Crippen molar-refractivity contribution in [3.05, 3.63) is 42.1 Å². The molecule has 148 valence electrons. The standard InChI is InChI=1S/C20H23F2N5O/c1-3-26(4-2)14-7-5-13(6-8-14)24-20(28)15-11-23-27-17(18(21)22)10-12-9-16(12)25-19(15)27/h5-8,10-12,16,18,25H,3-4,9H2,1-2H3,(H,24,28). The highest BCUT2D eigenvalue weighted by Crippen LogP contribution is 2.41. The maximum atomic E-state index is 13.4. The zero-order chi connectivity index (χ0) is 19.8. The number of nitrogens with one attached hydrogen (secondary N) is 2. The first-order valence-corrected chi connectivity index (χ1v) is 9.53. The summed E-state index contributed by atoms with van der Waals surface area (Å²) in [6.07, 6.45) is 1.03. The molecule has 1 fully saturated rings. The van der Waals surface area contributed by atoms with Crippen molar-refractivity contribution in [3.63, 3.8) is 0 Å². The Morgan fingerprint density at radius 2 is 2.04 bits per heavy atom. The van der Waals surface area contributed by atoms with Crippen LogP contribution in [0.1, 0.15) is 30.6 Å². The maximum absolute atomic E-state index is 13.4. The summed E-state index contributed by atoms with van der Waals surface area (Å²) in [6, 6.07) is 7.65. The molecule has 0 spiro atoms. The van der Waals surface area contributed by atoms with E-state index in [-0.39, 0.29) is 29.1 Å². The first-order chi connectivity index (χ1) is 13.5. The van der Waals surface area contributed by atoms with Gasteiger partial charge in [0, 0.05) is 36.4 Å². The molecule has 6 nitrogen and oxygen atoms in total. The minimum Gasteiger partial charge on any atom is -0.372 e. The summed E-state index contributed by atoms with van der Waals surface area (Å²) in [6.45, 7) is 5.98. The molecule has 1 aliphatic carbocycles. The third-order valence-corrected chi connectivity index (χ3v) is 5.28. The number of halogens is 2. The monoisotopic (exact) mass is 387 g/mol.